The van der Waals surface area contributed by atoms with Gasteiger partial charge in [-0.15, -0.1) is 0 Å². The van der Waals surface area contributed by atoms with Crippen molar-refractivity contribution in [1.29, 1.82) is 0 Å². The average molecular weight is 321 g/mol. The number of benzene rings is 1. The molecule has 0 unspecified atom stereocenters. The molecule has 0 aliphatic heterocycles. The van der Waals surface area contributed by atoms with Crippen LogP contribution in [0.25, 0.3) is 0 Å². The van der Waals surface area contributed by atoms with Gasteiger partial charge in [-0.3, -0.25) is 4.79 Å². The van der Waals surface area contributed by atoms with E-state index in [1.165, 1.54) is 18.2 Å². The average Bonchev–Trinajstić information content (AvgIpc) is 2.20. The van der Waals surface area contributed by atoms with Gasteiger partial charge in [-0.2, -0.15) is 0 Å². The van der Waals surface area contributed by atoms with Gasteiger partial charge in [0, 0.05) is 0 Å². The number of carboxylic acids is 1. The standard InChI is InChI=1S/C9H8INO4/c10-4-7(12)11-6-3-1-2-5(8(6)13)9(14)15/h1-3,13H,4H2,(H,11,12)(H,14,15). The van der Waals surface area contributed by atoms with Gasteiger partial charge in [-0.25, -0.2) is 4.79 Å². The summed E-state index contributed by atoms with van der Waals surface area (Å²) in [5, 5.41) is 20.6. The zero-order chi connectivity index (χ0) is 11.4. The van der Waals surface area contributed by atoms with E-state index in [9.17, 15) is 14.7 Å². The molecule has 0 spiro atoms. The van der Waals surface area contributed by atoms with Gasteiger partial charge < -0.3 is 15.5 Å². The maximum Gasteiger partial charge on any atom is 0.339 e. The van der Waals surface area contributed by atoms with Crippen LogP contribution in [0.4, 0.5) is 5.69 Å². The van der Waals surface area contributed by atoms with E-state index in [1.54, 1.807) is 0 Å². The summed E-state index contributed by atoms with van der Waals surface area (Å²) in [6, 6.07) is 4.15. The molecule has 0 fully saturated rings. The predicted molar refractivity (Wildman–Crippen MR) is 62.6 cm³/mol. The summed E-state index contributed by atoms with van der Waals surface area (Å²) in [5.41, 5.74) is -0.127. The van der Waals surface area contributed by atoms with Crippen molar-refractivity contribution in [1.82, 2.24) is 0 Å². The van der Waals surface area contributed by atoms with E-state index in [0.717, 1.165) is 0 Å². The van der Waals surface area contributed by atoms with Gasteiger partial charge in [0.15, 0.2) is 5.75 Å². The number of alkyl halides is 1. The number of hydrogen-bond acceptors (Lipinski definition) is 3. The molecule has 1 aromatic carbocycles. The lowest BCUT2D eigenvalue weighted by Crippen LogP contribution is -2.13. The lowest BCUT2D eigenvalue weighted by molar-refractivity contribution is -0.113. The van der Waals surface area contributed by atoms with Crippen molar-refractivity contribution in [3.8, 4) is 5.75 Å². The van der Waals surface area contributed by atoms with E-state index in [4.69, 9.17) is 5.11 Å². The number of nitrogens with one attached hydrogen (secondary N) is 1. The summed E-state index contributed by atoms with van der Waals surface area (Å²) < 4.78 is 0.231. The quantitative estimate of drug-likeness (QED) is 0.447. The fraction of sp³-hybridized carbons (Fsp3) is 0.111. The number of aromatic carboxylic acids is 1. The first-order valence-corrected chi connectivity index (χ1v) is 5.50. The molecule has 5 nitrogen and oxygen atoms in total. The van der Waals surface area contributed by atoms with Crippen molar-refractivity contribution in [2.45, 2.75) is 0 Å². The first-order chi connectivity index (χ1) is 7.06. The molecular weight excluding hydrogens is 313 g/mol. The fourth-order valence-corrected chi connectivity index (χ4v) is 1.19. The summed E-state index contributed by atoms with van der Waals surface area (Å²) in [5.74, 6) is -1.96. The first kappa shape index (κ1) is 11.8. The summed E-state index contributed by atoms with van der Waals surface area (Å²) in [4.78, 5) is 21.7. The highest BCUT2D eigenvalue weighted by atomic mass is 127. The van der Waals surface area contributed by atoms with E-state index in [-0.39, 0.29) is 21.6 Å². The second-order valence-electron chi connectivity index (χ2n) is 2.69. The van der Waals surface area contributed by atoms with Gasteiger partial charge in [0.05, 0.1) is 10.1 Å². The van der Waals surface area contributed by atoms with E-state index in [1.807, 2.05) is 22.6 Å². The number of aromatic hydroxyl groups is 1. The van der Waals surface area contributed by atoms with E-state index in [2.05, 4.69) is 5.32 Å². The minimum absolute atomic E-state index is 0.108. The Kier molecular flexibility index (Phi) is 3.89. The van der Waals surface area contributed by atoms with Crippen LogP contribution in [0.3, 0.4) is 0 Å². The van der Waals surface area contributed by atoms with Crippen LogP contribution in [0.2, 0.25) is 0 Å². The molecule has 80 valence electrons. The van der Waals surface area contributed by atoms with Crippen molar-refractivity contribution in [2.75, 3.05) is 9.74 Å². The number of phenols is 1. The van der Waals surface area contributed by atoms with Crippen LogP contribution in [0.15, 0.2) is 18.2 Å². The van der Waals surface area contributed by atoms with Gasteiger partial charge in [-0.1, -0.05) is 28.7 Å². The molecule has 0 aliphatic carbocycles. The monoisotopic (exact) mass is 321 g/mol. The molecular formula is C9H8INO4. The SMILES string of the molecule is O=C(CI)Nc1cccc(C(=O)O)c1O. The van der Waals surface area contributed by atoms with Gasteiger partial charge in [0.1, 0.15) is 5.56 Å². The molecule has 0 saturated carbocycles. The highest BCUT2D eigenvalue weighted by molar-refractivity contribution is 14.1. The summed E-state index contributed by atoms with van der Waals surface area (Å²) in [7, 11) is 0. The summed E-state index contributed by atoms with van der Waals surface area (Å²) >= 11 is 1.86. The second kappa shape index (κ2) is 4.96. The molecule has 3 N–H and O–H groups in total. The number of rotatable bonds is 3. The molecule has 0 saturated heterocycles. The van der Waals surface area contributed by atoms with Gasteiger partial charge in [0.25, 0.3) is 0 Å². The molecule has 1 aromatic rings. The Morgan fingerprint density at radius 3 is 2.60 bits per heavy atom. The van der Waals surface area contributed by atoms with E-state index in [0.29, 0.717) is 0 Å². The number of halogens is 1. The molecule has 1 amide bonds. The van der Waals surface area contributed by atoms with Gasteiger partial charge >= 0.3 is 5.97 Å². The normalized spacial score (nSPS) is 9.67. The van der Waals surface area contributed by atoms with E-state index >= 15 is 0 Å². The van der Waals surface area contributed by atoms with Crippen molar-refractivity contribution in [2.24, 2.45) is 0 Å². The Labute approximate surface area is 99.2 Å². The van der Waals surface area contributed by atoms with Crippen molar-refractivity contribution in [3.63, 3.8) is 0 Å². The first-order valence-electron chi connectivity index (χ1n) is 3.97. The van der Waals surface area contributed by atoms with Crippen LogP contribution >= 0.6 is 22.6 Å². The Morgan fingerprint density at radius 2 is 2.07 bits per heavy atom. The van der Waals surface area contributed by atoms with Crippen LogP contribution in [-0.2, 0) is 4.79 Å². The number of anilines is 1. The highest BCUT2D eigenvalue weighted by Gasteiger charge is 2.13. The molecule has 0 aliphatic rings. The third-order valence-corrected chi connectivity index (χ3v) is 2.35. The number of amides is 1. The smallest absolute Gasteiger partial charge is 0.339 e. The number of hydrogen-bond donors (Lipinski definition) is 3. The Bertz CT molecular complexity index is 405. The van der Waals surface area contributed by atoms with Crippen molar-refractivity contribution >= 4 is 40.2 Å². The van der Waals surface area contributed by atoms with Crippen LogP contribution in [0, 0.1) is 0 Å². The minimum Gasteiger partial charge on any atom is -0.505 e. The third-order valence-electron chi connectivity index (χ3n) is 1.66. The predicted octanol–water partition coefficient (Wildman–Crippen LogP) is 1.46. The molecule has 1 rings (SSSR count). The topological polar surface area (TPSA) is 86.6 Å². The molecule has 6 heteroatoms. The van der Waals surface area contributed by atoms with Crippen LogP contribution in [-0.4, -0.2) is 26.5 Å². The lowest BCUT2D eigenvalue weighted by Gasteiger charge is -2.07. The molecule has 0 bridgehead atoms. The molecule has 0 aromatic heterocycles. The third kappa shape index (κ3) is 2.82. The van der Waals surface area contributed by atoms with Crippen molar-refractivity contribution < 1.29 is 19.8 Å². The Morgan fingerprint density at radius 1 is 1.40 bits per heavy atom. The van der Waals surface area contributed by atoms with Crippen LogP contribution in [0.5, 0.6) is 5.75 Å². The molecule has 0 radical (unpaired) electrons. The zero-order valence-corrected chi connectivity index (χ0v) is 9.69. The Balaban J connectivity index is 3.04. The Hall–Kier alpha value is -1.31. The fourth-order valence-electron chi connectivity index (χ4n) is 1.00. The van der Waals surface area contributed by atoms with Gasteiger partial charge in [-0.05, 0) is 12.1 Å². The molecule has 0 heterocycles. The lowest BCUT2D eigenvalue weighted by atomic mass is 10.1. The molecule has 0 atom stereocenters. The minimum atomic E-state index is -1.24. The maximum absolute atomic E-state index is 11.0. The second-order valence-corrected chi connectivity index (χ2v) is 3.45. The number of carboxylic acid groups (broad SMARTS) is 1. The zero-order valence-electron chi connectivity index (χ0n) is 7.53. The van der Waals surface area contributed by atoms with E-state index < -0.39 is 11.7 Å². The van der Waals surface area contributed by atoms with Crippen molar-refractivity contribution in [3.05, 3.63) is 23.8 Å². The van der Waals surface area contributed by atoms with Crippen LogP contribution in [0.1, 0.15) is 10.4 Å². The summed E-state index contributed by atoms with van der Waals surface area (Å²) in [6.07, 6.45) is 0. The highest BCUT2D eigenvalue weighted by Crippen LogP contribution is 2.27. The number of carbonyl (C=O) groups excluding carboxylic acids is 1. The van der Waals surface area contributed by atoms with Gasteiger partial charge in [0.2, 0.25) is 5.91 Å². The largest absolute Gasteiger partial charge is 0.505 e. The van der Waals surface area contributed by atoms with Crippen LogP contribution < -0.4 is 5.32 Å². The number of carbonyl (C=O) groups is 2. The maximum atomic E-state index is 11.0. The summed E-state index contributed by atoms with van der Waals surface area (Å²) in [6.45, 7) is 0. The number of para-hydroxylation sites is 1. The molecule has 15 heavy (non-hydrogen) atoms.